The molecule has 0 aliphatic rings. The molecular formula is C15H13BrFNO. The van der Waals surface area contributed by atoms with E-state index in [0.29, 0.717) is 4.47 Å². The van der Waals surface area contributed by atoms with Crippen molar-refractivity contribution >= 4 is 27.5 Å². The lowest BCUT2D eigenvalue weighted by molar-refractivity contribution is 0.102. The predicted octanol–water partition coefficient (Wildman–Crippen LogP) is 4.46. The van der Waals surface area contributed by atoms with Crippen LogP contribution in [0.4, 0.5) is 10.1 Å². The molecule has 0 bridgehead atoms. The summed E-state index contributed by atoms with van der Waals surface area (Å²) in [6.45, 7) is 3.81. The van der Waals surface area contributed by atoms with Gasteiger partial charge >= 0.3 is 0 Å². The highest BCUT2D eigenvalue weighted by atomic mass is 79.9. The van der Waals surface area contributed by atoms with Gasteiger partial charge in [-0.3, -0.25) is 4.79 Å². The zero-order valence-electron chi connectivity index (χ0n) is 10.6. The summed E-state index contributed by atoms with van der Waals surface area (Å²) in [5.41, 5.74) is 2.66. The van der Waals surface area contributed by atoms with Crippen LogP contribution in [-0.2, 0) is 0 Å². The molecule has 0 fully saturated rings. The Balaban J connectivity index is 2.31. The molecule has 0 saturated carbocycles. The Morgan fingerprint density at radius 3 is 2.37 bits per heavy atom. The second-order valence-corrected chi connectivity index (χ2v) is 5.26. The number of amides is 1. The van der Waals surface area contributed by atoms with E-state index in [0.717, 1.165) is 16.8 Å². The lowest BCUT2D eigenvalue weighted by Gasteiger charge is -2.11. The highest BCUT2D eigenvalue weighted by Crippen LogP contribution is 2.22. The first-order valence-electron chi connectivity index (χ1n) is 5.81. The molecule has 2 nitrogen and oxygen atoms in total. The molecule has 0 unspecified atom stereocenters. The second-order valence-electron chi connectivity index (χ2n) is 4.35. The molecule has 2 rings (SSSR count). The zero-order valence-corrected chi connectivity index (χ0v) is 12.2. The van der Waals surface area contributed by atoms with E-state index in [9.17, 15) is 9.18 Å². The normalized spacial score (nSPS) is 10.3. The largest absolute Gasteiger partial charge is 0.321 e. The molecule has 0 atom stereocenters. The van der Waals surface area contributed by atoms with Crippen LogP contribution in [0.5, 0.6) is 0 Å². The standard InChI is InChI=1S/C15H13BrFNO/c1-9-4-3-5-10(2)14(9)18-15(19)12-7-6-11(16)8-13(12)17/h3-8H,1-2H3,(H,18,19). The zero-order chi connectivity index (χ0) is 14.0. The first-order valence-corrected chi connectivity index (χ1v) is 6.61. The van der Waals surface area contributed by atoms with Crippen molar-refractivity contribution < 1.29 is 9.18 Å². The molecule has 0 aromatic heterocycles. The number of hydrogen-bond donors (Lipinski definition) is 1. The van der Waals surface area contributed by atoms with Gasteiger partial charge in [0, 0.05) is 10.2 Å². The summed E-state index contributed by atoms with van der Waals surface area (Å²) in [4.78, 5) is 12.1. The first-order chi connectivity index (χ1) is 8.99. The summed E-state index contributed by atoms with van der Waals surface area (Å²) in [7, 11) is 0. The number of halogens is 2. The predicted molar refractivity (Wildman–Crippen MR) is 78.0 cm³/mol. The number of carbonyl (C=O) groups is 1. The van der Waals surface area contributed by atoms with Gasteiger partial charge in [-0.05, 0) is 43.2 Å². The minimum atomic E-state index is -0.543. The third kappa shape index (κ3) is 3.01. The summed E-state index contributed by atoms with van der Waals surface area (Å²) < 4.78 is 14.3. The third-order valence-corrected chi connectivity index (χ3v) is 3.39. The number of nitrogens with one attached hydrogen (secondary N) is 1. The minimum Gasteiger partial charge on any atom is -0.321 e. The molecule has 0 saturated heterocycles. The van der Waals surface area contributed by atoms with Crippen LogP contribution in [0.15, 0.2) is 40.9 Å². The lowest BCUT2D eigenvalue weighted by Crippen LogP contribution is -2.15. The van der Waals surface area contributed by atoms with Gasteiger partial charge in [0.15, 0.2) is 0 Å². The summed E-state index contributed by atoms with van der Waals surface area (Å²) >= 11 is 3.16. The highest BCUT2D eigenvalue weighted by molar-refractivity contribution is 9.10. The molecule has 4 heteroatoms. The van der Waals surface area contributed by atoms with Crippen molar-refractivity contribution in [2.45, 2.75) is 13.8 Å². The average molecular weight is 322 g/mol. The minimum absolute atomic E-state index is 0.0332. The summed E-state index contributed by atoms with van der Waals surface area (Å²) in [5.74, 6) is -0.986. The van der Waals surface area contributed by atoms with Crippen LogP contribution < -0.4 is 5.32 Å². The maximum atomic E-state index is 13.7. The monoisotopic (exact) mass is 321 g/mol. The van der Waals surface area contributed by atoms with Gasteiger partial charge in [0.2, 0.25) is 0 Å². The van der Waals surface area contributed by atoms with Crippen molar-refractivity contribution in [1.82, 2.24) is 0 Å². The molecule has 1 amide bonds. The Bertz CT molecular complexity index is 620. The van der Waals surface area contributed by atoms with Gasteiger partial charge in [-0.25, -0.2) is 4.39 Å². The van der Waals surface area contributed by atoms with E-state index in [4.69, 9.17) is 0 Å². The summed E-state index contributed by atoms with van der Waals surface area (Å²) in [6.07, 6.45) is 0. The van der Waals surface area contributed by atoms with Crippen LogP contribution in [0, 0.1) is 19.7 Å². The third-order valence-electron chi connectivity index (χ3n) is 2.90. The fourth-order valence-corrected chi connectivity index (χ4v) is 2.20. The molecule has 0 spiro atoms. The molecular weight excluding hydrogens is 309 g/mol. The number of carbonyl (C=O) groups excluding carboxylic acids is 1. The number of para-hydroxylation sites is 1. The number of hydrogen-bond acceptors (Lipinski definition) is 1. The topological polar surface area (TPSA) is 29.1 Å². The van der Waals surface area contributed by atoms with E-state index in [1.807, 2.05) is 32.0 Å². The molecule has 0 radical (unpaired) electrons. The fraction of sp³-hybridized carbons (Fsp3) is 0.133. The molecule has 2 aromatic carbocycles. The van der Waals surface area contributed by atoms with E-state index < -0.39 is 11.7 Å². The Labute approximate surface area is 119 Å². The van der Waals surface area contributed by atoms with Gasteiger partial charge in [0.25, 0.3) is 5.91 Å². The van der Waals surface area contributed by atoms with Gasteiger partial charge in [-0.1, -0.05) is 34.1 Å². The van der Waals surface area contributed by atoms with Gasteiger partial charge in [-0.2, -0.15) is 0 Å². The Morgan fingerprint density at radius 1 is 1.16 bits per heavy atom. The van der Waals surface area contributed by atoms with Gasteiger partial charge in [-0.15, -0.1) is 0 Å². The van der Waals surface area contributed by atoms with Crippen molar-refractivity contribution in [3.63, 3.8) is 0 Å². The van der Waals surface area contributed by atoms with E-state index in [2.05, 4.69) is 21.2 Å². The van der Waals surface area contributed by atoms with Gasteiger partial charge in [0.05, 0.1) is 5.56 Å². The number of anilines is 1. The maximum Gasteiger partial charge on any atom is 0.258 e. The van der Waals surface area contributed by atoms with Gasteiger partial charge < -0.3 is 5.32 Å². The van der Waals surface area contributed by atoms with Crippen molar-refractivity contribution in [3.05, 3.63) is 63.4 Å². The van der Waals surface area contributed by atoms with Crippen LogP contribution in [0.3, 0.4) is 0 Å². The maximum absolute atomic E-state index is 13.7. The van der Waals surface area contributed by atoms with Crippen molar-refractivity contribution in [2.24, 2.45) is 0 Å². The molecule has 98 valence electrons. The Kier molecular flexibility index (Phi) is 4.00. The summed E-state index contributed by atoms with van der Waals surface area (Å²) in [6, 6.07) is 10.1. The lowest BCUT2D eigenvalue weighted by atomic mass is 10.1. The van der Waals surface area contributed by atoms with Crippen LogP contribution in [0.1, 0.15) is 21.5 Å². The van der Waals surface area contributed by atoms with Gasteiger partial charge in [0.1, 0.15) is 5.82 Å². The van der Waals surface area contributed by atoms with Crippen LogP contribution in [-0.4, -0.2) is 5.91 Å². The Morgan fingerprint density at radius 2 is 1.79 bits per heavy atom. The molecule has 19 heavy (non-hydrogen) atoms. The molecule has 0 heterocycles. The van der Waals surface area contributed by atoms with Crippen molar-refractivity contribution in [2.75, 3.05) is 5.32 Å². The fourth-order valence-electron chi connectivity index (χ4n) is 1.87. The first kappa shape index (κ1) is 13.7. The van der Waals surface area contributed by atoms with Crippen molar-refractivity contribution in [1.29, 1.82) is 0 Å². The summed E-state index contributed by atoms with van der Waals surface area (Å²) in [5, 5.41) is 2.76. The number of rotatable bonds is 2. The highest BCUT2D eigenvalue weighted by Gasteiger charge is 2.13. The Hall–Kier alpha value is -1.68. The molecule has 0 aliphatic carbocycles. The van der Waals surface area contributed by atoms with Crippen LogP contribution >= 0.6 is 15.9 Å². The number of aryl methyl sites for hydroxylation is 2. The van der Waals surface area contributed by atoms with E-state index in [1.165, 1.54) is 12.1 Å². The SMILES string of the molecule is Cc1cccc(C)c1NC(=O)c1ccc(Br)cc1F. The van der Waals surface area contributed by atoms with Crippen molar-refractivity contribution in [3.8, 4) is 0 Å². The second kappa shape index (κ2) is 5.53. The smallest absolute Gasteiger partial charge is 0.258 e. The molecule has 1 N–H and O–H groups in total. The van der Waals surface area contributed by atoms with Crippen LogP contribution in [0.25, 0.3) is 0 Å². The molecule has 0 aliphatic heterocycles. The average Bonchev–Trinajstić information content (AvgIpc) is 2.33. The van der Waals surface area contributed by atoms with E-state index >= 15 is 0 Å². The quantitative estimate of drug-likeness (QED) is 0.869. The van der Waals surface area contributed by atoms with E-state index in [1.54, 1.807) is 6.07 Å². The number of benzene rings is 2. The van der Waals surface area contributed by atoms with E-state index in [-0.39, 0.29) is 5.56 Å². The van der Waals surface area contributed by atoms with Crippen LogP contribution in [0.2, 0.25) is 0 Å². The molecule has 2 aromatic rings.